The molecule has 3 aromatic heterocycles. The first kappa shape index (κ1) is 14.1. The van der Waals surface area contributed by atoms with E-state index in [1.165, 1.54) is 39.0 Å². The van der Waals surface area contributed by atoms with Crippen molar-refractivity contribution in [3.05, 3.63) is 54.4 Å². The highest BCUT2D eigenvalue weighted by atomic mass is 15.4. The maximum atomic E-state index is 4.69. The molecule has 0 radical (unpaired) electrons. The third kappa shape index (κ3) is 1.33. The van der Waals surface area contributed by atoms with Gasteiger partial charge in [0.2, 0.25) is 5.78 Å². The summed E-state index contributed by atoms with van der Waals surface area (Å²) in [7, 11) is 2.17. The van der Waals surface area contributed by atoms with Gasteiger partial charge in [0.05, 0.1) is 23.6 Å². The van der Waals surface area contributed by atoms with Crippen LogP contribution in [-0.4, -0.2) is 18.5 Å². The van der Waals surface area contributed by atoms with E-state index in [0.717, 1.165) is 5.78 Å². The van der Waals surface area contributed by atoms with Gasteiger partial charge in [0.25, 0.3) is 5.82 Å². The Morgan fingerprint density at radius 1 is 1.00 bits per heavy atom. The molecule has 2 aromatic carbocycles. The Labute approximate surface area is 150 Å². The van der Waals surface area contributed by atoms with Gasteiger partial charge in [-0.2, -0.15) is 4.57 Å². The molecule has 5 heteroatoms. The zero-order valence-corrected chi connectivity index (χ0v) is 15.4. The van der Waals surface area contributed by atoms with Crippen molar-refractivity contribution in [3.8, 4) is 11.4 Å². The molecule has 0 saturated carbocycles. The first-order valence-electron chi connectivity index (χ1n) is 8.99. The van der Waals surface area contributed by atoms with Crippen LogP contribution in [-0.2, 0) is 12.7 Å². The van der Waals surface area contributed by atoms with Gasteiger partial charge in [0, 0.05) is 12.4 Å². The van der Waals surface area contributed by atoms with Crippen LogP contribution in [0.5, 0.6) is 0 Å². The predicted molar refractivity (Wildman–Crippen MR) is 102 cm³/mol. The molecular weight excluding hydrogens is 322 g/mol. The van der Waals surface area contributed by atoms with Crippen LogP contribution in [0.15, 0.2) is 48.8 Å². The third-order valence-corrected chi connectivity index (χ3v) is 6.00. The van der Waals surface area contributed by atoms with E-state index in [-0.39, 0.29) is 5.66 Å². The van der Waals surface area contributed by atoms with Gasteiger partial charge in [-0.1, -0.05) is 18.2 Å². The van der Waals surface area contributed by atoms with E-state index in [1.807, 2.05) is 6.20 Å². The number of rotatable bonds is 0. The fraction of sp³-hybridized carbons (Fsp3) is 0.238. The monoisotopic (exact) mass is 342 g/mol. The highest BCUT2D eigenvalue weighted by Gasteiger charge is 2.44. The molecule has 0 spiro atoms. The van der Waals surface area contributed by atoms with Crippen LogP contribution in [0.4, 0.5) is 0 Å². The smallest absolute Gasteiger partial charge is 0.284 e. The SMILES string of the molecule is Cc1ccc2c3c1-c1n(c4ccccc4[n+]1C)C(C)(C)n3c1nccn21. The highest BCUT2D eigenvalue weighted by molar-refractivity contribution is 5.97. The van der Waals surface area contributed by atoms with Crippen LogP contribution < -0.4 is 4.57 Å². The Kier molecular flexibility index (Phi) is 2.27. The molecule has 0 atom stereocenters. The molecule has 0 fully saturated rings. The third-order valence-electron chi connectivity index (χ3n) is 6.00. The maximum Gasteiger partial charge on any atom is 0.294 e. The van der Waals surface area contributed by atoms with Crippen LogP contribution in [0.2, 0.25) is 0 Å². The van der Waals surface area contributed by atoms with Crippen LogP contribution in [0.3, 0.4) is 0 Å². The molecule has 128 valence electrons. The van der Waals surface area contributed by atoms with Gasteiger partial charge >= 0.3 is 0 Å². The van der Waals surface area contributed by atoms with Gasteiger partial charge in [-0.15, -0.1) is 0 Å². The number of hydrogen-bond donors (Lipinski definition) is 0. The predicted octanol–water partition coefficient (Wildman–Crippen LogP) is 3.60. The summed E-state index contributed by atoms with van der Waals surface area (Å²) in [6, 6.07) is 13.1. The highest BCUT2D eigenvalue weighted by Crippen LogP contribution is 2.44. The number of nitrogens with zero attached hydrogens (tertiary/aromatic N) is 5. The second-order valence-electron chi connectivity index (χ2n) is 7.76. The fourth-order valence-corrected chi connectivity index (χ4v) is 4.90. The molecule has 5 aromatic rings. The second-order valence-corrected chi connectivity index (χ2v) is 7.76. The minimum absolute atomic E-state index is 0.272. The molecule has 0 aliphatic carbocycles. The van der Waals surface area contributed by atoms with Gasteiger partial charge in [0.1, 0.15) is 0 Å². The Bertz CT molecular complexity index is 1380. The van der Waals surface area contributed by atoms with Crippen molar-refractivity contribution < 1.29 is 4.57 Å². The molecule has 1 aliphatic rings. The quantitative estimate of drug-likeness (QED) is 0.396. The molecule has 5 nitrogen and oxygen atoms in total. The molecule has 26 heavy (non-hydrogen) atoms. The molecule has 4 heterocycles. The standard InChI is InChI=1S/C21H20N5/c1-13-9-10-16-18-17(13)19-23(4)14-7-5-6-8-15(14)25(19)21(2,3)26(18)20-22-11-12-24(16)20/h5-12H,1-4H3/q+1. The summed E-state index contributed by atoms with van der Waals surface area (Å²) in [4.78, 5) is 4.69. The van der Waals surface area contributed by atoms with Crippen molar-refractivity contribution in [2.45, 2.75) is 26.4 Å². The van der Waals surface area contributed by atoms with Gasteiger partial charge in [-0.25, -0.2) is 9.55 Å². The molecule has 0 unspecified atom stereocenters. The minimum atomic E-state index is -0.272. The second kappa shape index (κ2) is 4.18. The lowest BCUT2D eigenvalue weighted by atomic mass is 10.0. The summed E-state index contributed by atoms with van der Waals surface area (Å²) in [5.41, 5.74) is 7.28. The number of imidazole rings is 3. The van der Waals surface area contributed by atoms with Crippen molar-refractivity contribution >= 4 is 27.8 Å². The fourth-order valence-electron chi connectivity index (χ4n) is 4.90. The molecule has 0 bridgehead atoms. The summed E-state index contributed by atoms with van der Waals surface area (Å²) in [5.74, 6) is 2.25. The van der Waals surface area contributed by atoms with Crippen molar-refractivity contribution in [2.75, 3.05) is 0 Å². The molecule has 0 amide bonds. The summed E-state index contributed by atoms with van der Waals surface area (Å²) in [6.07, 6.45) is 3.94. The largest absolute Gasteiger partial charge is 0.294 e. The van der Waals surface area contributed by atoms with E-state index < -0.39 is 0 Å². The van der Waals surface area contributed by atoms with E-state index in [9.17, 15) is 0 Å². The van der Waals surface area contributed by atoms with Crippen LogP contribution in [0, 0.1) is 6.92 Å². The average molecular weight is 342 g/mol. The van der Waals surface area contributed by atoms with Gasteiger partial charge in [-0.3, -0.25) is 8.97 Å². The molecule has 0 saturated heterocycles. The van der Waals surface area contributed by atoms with E-state index in [1.54, 1.807) is 0 Å². The lowest BCUT2D eigenvalue weighted by Gasteiger charge is -2.30. The minimum Gasteiger partial charge on any atom is -0.284 e. The normalized spacial score (nSPS) is 15.2. The van der Waals surface area contributed by atoms with E-state index in [0.29, 0.717) is 0 Å². The molecule has 1 aliphatic heterocycles. The molecule has 0 N–H and O–H groups in total. The number of aryl methyl sites for hydroxylation is 2. The Balaban J connectivity index is 1.98. The molecular formula is C21H20N5+. The Morgan fingerprint density at radius 2 is 1.81 bits per heavy atom. The lowest BCUT2D eigenvalue weighted by Crippen LogP contribution is -2.42. The van der Waals surface area contributed by atoms with Crippen LogP contribution in [0.25, 0.3) is 39.2 Å². The number of fused-ring (bicyclic) bond motifs is 7. The van der Waals surface area contributed by atoms with Crippen molar-refractivity contribution in [1.82, 2.24) is 18.5 Å². The average Bonchev–Trinajstić information content (AvgIpc) is 3.27. The number of hydrogen-bond acceptors (Lipinski definition) is 1. The van der Waals surface area contributed by atoms with E-state index in [2.05, 4.69) is 88.5 Å². The van der Waals surface area contributed by atoms with Gasteiger partial charge in [0.15, 0.2) is 16.7 Å². The van der Waals surface area contributed by atoms with Gasteiger partial charge < -0.3 is 0 Å². The van der Waals surface area contributed by atoms with E-state index in [4.69, 9.17) is 4.98 Å². The van der Waals surface area contributed by atoms with Gasteiger partial charge in [-0.05, 0) is 44.5 Å². The molecule has 6 rings (SSSR count). The summed E-state index contributed by atoms with van der Waals surface area (Å²) in [6.45, 7) is 6.76. The van der Waals surface area contributed by atoms with Crippen LogP contribution in [0.1, 0.15) is 19.4 Å². The van der Waals surface area contributed by atoms with Crippen molar-refractivity contribution in [3.63, 3.8) is 0 Å². The number of benzene rings is 2. The summed E-state index contributed by atoms with van der Waals surface area (Å²) >= 11 is 0. The van der Waals surface area contributed by atoms with Crippen molar-refractivity contribution in [1.29, 1.82) is 0 Å². The number of para-hydroxylation sites is 2. The van der Waals surface area contributed by atoms with Crippen molar-refractivity contribution in [2.24, 2.45) is 7.05 Å². The summed E-state index contributed by atoms with van der Waals surface area (Å²) < 4.78 is 9.39. The lowest BCUT2D eigenvalue weighted by molar-refractivity contribution is -0.634. The summed E-state index contributed by atoms with van der Waals surface area (Å²) in [5, 5.41) is 0. The van der Waals surface area contributed by atoms with Crippen LogP contribution >= 0.6 is 0 Å². The number of aromatic nitrogens is 5. The topological polar surface area (TPSA) is 31.0 Å². The Morgan fingerprint density at radius 3 is 2.65 bits per heavy atom. The zero-order valence-electron chi connectivity index (χ0n) is 15.4. The maximum absolute atomic E-state index is 4.69. The zero-order chi connectivity index (χ0) is 17.8. The first-order chi connectivity index (χ1) is 12.5. The first-order valence-corrected chi connectivity index (χ1v) is 8.99. The Hall–Kier alpha value is -3.08. The van der Waals surface area contributed by atoms with E-state index >= 15 is 0 Å².